The van der Waals surface area contributed by atoms with Gasteiger partial charge in [-0.3, -0.25) is 4.79 Å². The molecule has 0 saturated heterocycles. The van der Waals surface area contributed by atoms with Gasteiger partial charge >= 0.3 is 0 Å². The largest absolute Gasteiger partial charge is 0.350 e. The van der Waals surface area contributed by atoms with E-state index in [1.165, 1.54) is 0 Å². The van der Waals surface area contributed by atoms with Crippen LogP contribution in [0.1, 0.15) is 5.56 Å². The molecule has 0 aliphatic rings. The second-order valence-electron chi connectivity index (χ2n) is 5.77. The van der Waals surface area contributed by atoms with E-state index in [1.54, 1.807) is 18.9 Å². The third-order valence-electron chi connectivity index (χ3n) is 4.07. The molecule has 0 fully saturated rings. The summed E-state index contributed by atoms with van der Waals surface area (Å²) in [5.74, 6) is -0.0400. The summed E-state index contributed by atoms with van der Waals surface area (Å²) in [5.41, 5.74) is 3.94. The Morgan fingerprint density at radius 3 is 2.68 bits per heavy atom. The topological polar surface area (TPSA) is 64.7 Å². The maximum atomic E-state index is 12.2. The minimum Gasteiger partial charge on any atom is -0.350 e. The van der Waals surface area contributed by atoms with Crippen LogP contribution in [0.4, 0.5) is 0 Å². The quantitative estimate of drug-likeness (QED) is 0.611. The average Bonchev–Trinajstić information content (AvgIpc) is 3.31. The highest BCUT2D eigenvalue weighted by molar-refractivity contribution is 5.80. The molecular formula is C19H17N5O. The summed E-state index contributed by atoms with van der Waals surface area (Å²) in [6, 6.07) is 15.8. The SMILES string of the molecule is O=C(Cn1cnc2ccccc21)NCc1ccc(-n2ccnc2)cc1. The van der Waals surface area contributed by atoms with Crippen molar-refractivity contribution in [3.05, 3.63) is 79.1 Å². The van der Waals surface area contributed by atoms with Gasteiger partial charge < -0.3 is 14.5 Å². The Bertz CT molecular complexity index is 986. The predicted molar refractivity (Wildman–Crippen MR) is 95.1 cm³/mol. The van der Waals surface area contributed by atoms with Crippen LogP contribution in [0.2, 0.25) is 0 Å². The van der Waals surface area contributed by atoms with Crippen molar-refractivity contribution in [1.29, 1.82) is 0 Å². The Balaban J connectivity index is 1.37. The highest BCUT2D eigenvalue weighted by Gasteiger charge is 2.07. The standard InChI is InChI=1S/C19H17N5O/c25-19(12-24-14-22-17-3-1-2-4-18(17)24)21-11-15-5-7-16(8-6-15)23-10-9-20-13-23/h1-10,13-14H,11-12H2,(H,21,25). The zero-order valence-electron chi connectivity index (χ0n) is 13.5. The minimum atomic E-state index is -0.0400. The van der Waals surface area contributed by atoms with Crippen molar-refractivity contribution in [3.8, 4) is 5.69 Å². The van der Waals surface area contributed by atoms with Crippen LogP contribution < -0.4 is 5.32 Å². The molecule has 0 spiro atoms. The third-order valence-corrected chi connectivity index (χ3v) is 4.07. The molecule has 0 unspecified atom stereocenters. The number of imidazole rings is 2. The molecule has 25 heavy (non-hydrogen) atoms. The molecule has 4 aromatic rings. The van der Waals surface area contributed by atoms with Crippen molar-refractivity contribution in [3.63, 3.8) is 0 Å². The van der Waals surface area contributed by atoms with Gasteiger partial charge in [0.1, 0.15) is 6.54 Å². The second-order valence-corrected chi connectivity index (χ2v) is 5.77. The van der Waals surface area contributed by atoms with Crippen LogP contribution in [-0.2, 0) is 17.9 Å². The Kier molecular flexibility index (Phi) is 4.00. The van der Waals surface area contributed by atoms with Crippen LogP contribution in [0.15, 0.2) is 73.6 Å². The van der Waals surface area contributed by atoms with E-state index in [2.05, 4.69) is 15.3 Å². The number of fused-ring (bicyclic) bond motifs is 1. The molecule has 0 radical (unpaired) electrons. The first-order valence-electron chi connectivity index (χ1n) is 8.03. The first-order chi connectivity index (χ1) is 12.3. The molecule has 4 rings (SSSR count). The minimum absolute atomic E-state index is 0.0400. The summed E-state index contributed by atoms with van der Waals surface area (Å²) in [4.78, 5) is 20.5. The molecule has 1 N–H and O–H groups in total. The van der Waals surface area contributed by atoms with Crippen LogP contribution in [0.5, 0.6) is 0 Å². The lowest BCUT2D eigenvalue weighted by molar-refractivity contribution is -0.121. The monoisotopic (exact) mass is 331 g/mol. The maximum Gasteiger partial charge on any atom is 0.240 e. The van der Waals surface area contributed by atoms with Crippen LogP contribution >= 0.6 is 0 Å². The van der Waals surface area contributed by atoms with E-state index in [9.17, 15) is 4.79 Å². The molecule has 0 atom stereocenters. The van der Waals surface area contributed by atoms with E-state index in [4.69, 9.17) is 0 Å². The van der Waals surface area contributed by atoms with Gasteiger partial charge in [0.2, 0.25) is 5.91 Å². The Morgan fingerprint density at radius 1 is 1.04 bits per heavy atom. The molecule has 0 bridgehead atoms. The molecule has 2 heterocycles. The number of carbonyl (C=O) groups is 1. The third kappa shape index (κ3) is 3.28. The number of hydrogen-bond donors (Lipinski definition) is 1. The van der Waals surface area contributed by atoms with E-state index < -0.39 is 0 Å². The summed E-state index contributed by atoms with van der Waals surface area (Å²) in [6.45, 7) is 0.753. The van der Waals surface area contributed by atoms with E-state index in [-0.39, 0.29) is 12.5 Å². The number of nitrogens with one attached hydrogen (secondary N) is 1. The number of amides is 1. The molecule has 6 heteroatoms. The van der Waals surface area contributed by atoms with Crippen LogP contribution in [-0.4, -0.2) is 25.0 Å². The summed E-state index contributed by atoms with van der Waals surface area (Å²) in [5, 5.41) is 2.95. The number of benzene rings is 2. The first kappa shape index (κ1) is 15.1. The summed E-state index contributed by atoms with van der Waals surface area (Å²) >= 11 is 0. The molecule has 124 valence electrons. The fourth-order valence-corrected chi connectivity index (χ4v) is 2.75. The van der Waals surface area contributed by atoms with Crippen LogP contribution in [0.25, 0.3) is 16.7 Å². The lowest BCUT2D eigenvalue weighted by Gasteiger charge is -2.08. The second kappa shape index (κ2) is 6.60. The van der Waals surface area contributed by atoms with Gasteiger partial charge in [0, 0.05) is 24.6 Å². The van der Waals surface area contributed by atoms with Crippen LogP contribution in [0, 0.1) is 0 Å². The lowest BCUT2D eigenvalue weighted by atomic mass is 10.2. The molecule has 2 aromatic heterocycles. The van der Waals surface area contributed by atoms with Crippen molar-refractivity contribution in [1.82, 2.24) is 24.4 Å². The van der Waals surface area contributed by atoms with Gasteiger partial charge in [0.15, 0.2) is 0 Å². The Morgan fingerprint density at radius 2 is 1.88 bits per heavy atom. The predicted octanol–water partition coefficient (Wildman–Crippen LogP) is 2.54. The van der Waals surface area contributed by atoms with Crippen LogP contribution in [0.3, 0.4) is 0 Å². The molecule has 0 saturated carbocycles. The van der Waals surface area contributed by atoms with Gasteiger partial charge in [-0.25, -0.2) is 9.97 Å². The van der Waals surface area contributed by atoms with E-state index in [0.29, 0.717) is 6.54 Å². The van der Waals surface area contributed by atoms with Gasteiger partial charge in [-0.2, -0.15) is 0 Å². The van der Waals surface area contributed by atoms with E-state index in [1.807, 2.05) is 63.9 Å². The number of hydrogen-bond acceptors (Lipinski definition) is 3. The molecule has 1 amide bonds. The van der Waals surface area contributed by atoms with Crippen molar-refractivity contribution >= 4 is 16.9 Å². The normalized spacial score (nSPS) is 10.9. The molecule has 0 aliphatic heterocycles. The van der Waals surface area contributed by atoms with Gasteiger partial charge in [-0.15, -0.1) is 0 Å². The number of carbonyl (C=O) groups excluding carboxylic acids is 1. The summed E-state index contributed by atoms with van der Waals surface area (Å²) in [6.07, 6.45) is 7.09. The zero-order chi connectivity index (χ0) is 17.1. The molecular weight excluding hydrogens is 314 g/mol. The Labute approximate surface area is 144 Å². The first-order valence-corrected chi connectivity index (χ1v) is 8.03. The molecule has 0 aliphatic carbocycles. The van der Waals surface area contributed by atoms with E-state index in [0.717, 1.165) is 22.3 Å². The summed E-state index contributed by atoms with van der Waals surface area (Å²) in [7, 11) is 0. The fraction of sp³-hybridized carbons (Fsp3) is 0.105. The average molecular weight is 331 g/mol. The number of nitrogens with zero attached hydrogens (tertiary/aromatic N) is 4. The van der Waals surface area contributed by atoms with Crippen molar-refractivity contribution in [2.75, 3.05) is 0 Å². The van der Waals surface area contributed by atoms with Gasteiger partial charge in [0.25, 0.3) is 0 Å². The summed E-state index contributed by atoms with van der Waals surface area (Å²) < 4.78 is 3.79. The fourth-order valence-electron chi connectivity index (χ4n) is 2.75. The smallest absolute Gasteiger partial charge is 0.240 e. The number of para-hydroxylation sites is 2. The Hall–Kier alpha value is -3.41. The molecule has 2 aromatic carbocycles. The van der Waals surface area contributed by atoms with Gasteiger partial charge in [-0.1, -0.05) is 24.3 Å². The lowest BCUT2D eigenvalue weighted by Crippen LogP contribution is -2.26. The zero-order valence-corrected chi connectivity index (χ0v) is 13.5. The number of rotatable bonds is 5. The van der Waals surface area contributed by atoms with E-state index >= 15 is 0 Å². The van der Waals surface area contributed by atoms with Gasteiger partial charge in [0.05, 0.1) is 23.7 Å². The molecule has 6 nitrogen and oxygen atoms in total. The van der Waals surface area contributed by atoms with Crippen molar-refractivity contribution in [2.24, 2.45) is 0 Å². The van der Waals surface area contributed by atoms with Crippen molar-refractivity contribution in [2.45, 2.75) is 13.1 Å². The van der Waals surface area contributed by atoms with Gasteiger partial charge in [-0.05, 0) is 29.8 Å². The highest BCUT2D eigenvalue weighted by Crippen LogP contribution is 2.12. The number of aromatic nitrogens is 4. The van der Waals surface area contributed by atoms with Crippen molar-refractivity contribution < 1.29 is 4.79 Å². The highest BCUT2D eigenvalue weighted by atomic mass is 16.1. The maximum absolute atomic E-state index is 12.2.